The second-order valence-electron chi connectivity index (χ2n) is 4.15. The SMILES string of the molecule is CSc1ccc(C(=O)Nc2c(F)cccc2C(=O)O)cc1. The van der Waals surface area contributed by atoms with Crippen LogP contribution in [0.1, 0.15) is 20.7 Å². The molecule has 108 valence electrons. The molecule has 2 aromatic rings. The Balaban J connectivity index is 2.29. The molecule has 0 aliphatic carbocycles. The fourth-order valence-electron chi connectivity index (χ4n) is 1.76. The van der Waals surface area contributed by atoms with E-state index in [1.807, 2.05) is 6.26 Å². The number of halogens is 1. The lowest BCUT2D eigenvalue weighted by molar-refractivity contribution is 0.0697. The van der Waals surface area contributed by atoms with Crippen molar-refractivity contribution in [1.82, 2.24) is 0 Å². The van der Waals surface area contributed by atoms with Crippen molar-refractivity contribution in [3.8, 4) is 0 Å². The highest BCUT2D eigenvalue weighted by Crippen LogP contribution is 2.21. The van der Waals surface area contributed by atoms with E-state index in [-0.39, 0.29) is 11.3 Å². The van der Waals surface area contributed by atoms with Gasteiger partial charge in [0.1, 0.15) is 5.82 Å². The van der Waals surface area contributed by atoms with Gasteiger partial charge in [0, 0.05) is 10.5 Å². The van der Waals surface area contributed by atoms with E-state index in [0.717, 1.165) is 11.0 Å². The molecule has 0 heterocycles. The van der Waals surface area contributed by atoms with E-state index in [9.17, 15) is 14.0 Å². The largest absolute Gasteiger partial charge is 0.478 e. The molecule has 2 rings (SSSR count). The Hall–Kier alpha value is -2.34. The zero-order valence-electron chi connectivity index (χ0n) is 11.1. The quantitative estimate of drug-likeness (QED) is 0.848. The molecule has 2 aromatic carbocycles. The lowest BCUT2D eigenvalue weighted by Gasteiger charge is -2.09. The van der Waals surface area contributed by atoms with E-state index in [4.69, 9.17) is 5.11 Å². The minimum atomic E-state index is -1.30. The Bertz CT molecular complexity index is 686. The third-order valence-corrected chi connectivity index (χ3v) is 3.58. The highest BCUT2D eigenvalue weighted by atomic mass is 32.2. The number of carboxylic acids is 1. The minimum absolute atomic E-state index is 0.288. The van der Waals surface area contributed by atoms with Crippen LogP contribution in [-0.4, -0.2) is 23.2 Å². The molecule has 0 saturated carbocycles. The summed E-state index contributed by atoms with van der Waals surface area (Å²) in [5.74, 6) is -2.65. The number of nitrogens with one attached hydrogen (secondary N) is 1. The highest BCUT2D eigenvalue weighted by Gasteiger charge is 2.17. The second-order valence-corrected chi connectivity index (χ2v) is 5.03. The van der Waals surface area contributed by atoms with Crippen molar-refractivity contribution >= 4 is 29.3 Å². The Morgan fingerprint density at radius 2 is 1.81 bits per heavy atom. The van der Waals surface area contributed by atoms with Crippen LogP contribution in [0.4, 0.5) is 10.1 Å². The van der Waals surface area contributed by atoms with E-state index in [1.165, 1.54) is 23.9 Å². The Labute approximate surface area is 125 Å². The standard InChI is InChI=1S/C15H12FNO3S/c1-21-10-7-5-9(6-8-10)14(18)17-13-11(15(19)20)3-2-4-12(13)16/h2-8H,1H3,(H,17,18)(H,19,20). The zero-order valence-corrected chi connectivity index (χ0v) is 11.9. The van der Waals surface area contributed by atoms with Crippen molar-refractivity contribution in [1.29, 1.82) is 0 Å². The normalized spacial score (nSPS) is 10.2. The molecule has 1 amide bonds. The van der Waals surface area contributed by atoms with E-state index < -0.39 is 17.7 Å². The van der Waals surface area contributed by atoms with Gasteiger partial charge in [-0.05, 0) is 42.7 Å². The van der Waals surface area contributed by atoms with Gasteiger partial charge < -0.3 is 10.4 Å². The van der Waals surface area contributed by atoms with Crippen LogP contribution in [0.5, 0.6) is 0 Å². The van der Waals surface area contributed by atoms with E-state index in [0.29, 0.717) is 5.56 Å². The average molecular weight is 305 g/mol. The van der Waals surface area contributed by atoms with Crippen LogP contribution in [0, 0.1) is 5.82 Å². The summed E-state index contributed by atoms with van der Waals surface area (Å²) in [4.78, 5) is 24.1. The lowest BCUT2D eigenvalue weighted by atomic mass is 10.1. The summed E-state index contributed by atoms with van der Waals surface area (Å²) in [7, 11) is 0. The predicted molar refractivity (Wildman–Crippen MR) is 79.5 cm³/mol. The van der Waals surface area contributed by atoms with Crippen molar-refractivity contribution in [2.45, 2.75) is 4.90 Å². The van der Waals surface area contributed by atoms with Crippen molar-refractivity contribution in [2.75, 3.05) is 11.6 Å². The molecule has 0 fully saturated rings. The van der Waals surface area contributed by atoms with Crippen LogP contribution in [-0.2, 0) is 0 Å². The number of hydrogen-bond donors (Lipinski definition) is 2. The lowest BCUT2D eigenvalue weighted by Crippen LogP contribution is -2.16. The van der Waals surface area contributed by atoms with Crippen molar-refractivity contribution < 1.29 is 19.1 Å². The first-order valence-electron chi connectivity index (χ1n) is 6.00. The number of thioether (sulfide) groups is 1. The summed E-state index contributed by atoms with van der Waals surface area (Å²) in [6.45, 7) is 0. The number of benzene rings is 2. The van der Waals surface area contributed by atoms with E-state index >= 15 is 0 Å². The predicted octanol–water partition coefficient (Wildman–Crippen LogP) is 3.50. The van der Waals surface area contributed by atoms with Crippen molar-refractivity contribution in [3.63, 3.8) is 0 Å². The first kappa shape index (κ1) is 15.1. The number of hydrogen-bond acceptors (Lipinski definition) is 3. The third-order valence-electron chi connectivity index (χ3n) is 2.83. The molecule has 6 heteroatoms. The topological polar surface area (TPSA) is 66.4 Å². The monoisotopic (exact) mass is 305 g/mol. The summed E-state index contributed by atoms with van der Waals surface area (Å²) in [6, 6.07) is 10.3. The summed E-state index contributed by atoms with van der Waals surface area (Å²) in [5, 5.41) is 11.3. The highest BCUT2D eigenvalue weighted by molar-refractivity contribution is 7.98. The Kier molecular flexibility index (Phi) is 4.59. The molecule has 0 radical (unpaired) electrons. The van der Waals surface area contributed by atoms with Gasteiger partial charge in [0.2, 0.25) is 0 Å². The molecule has 0 aliphatic heterocycles. The summed E-state index contributed by atoms with van der Waals surface area (Å²) >= 11 is 1.53. The van der Waals surface area contributed by atoms with Crippen molar-refractivity contribution in [3.05, 3.63) is 59.4 Å². The van der Waals surface area contributed by atoms with Gasteiger partial charge >= 0.3 is 5.97 Å². The van der Waals surface area contributed by atoms with Crippen LogP contribution in [0.3, 0.4) is 0 Å². The number of carbonyl (C=O) groups excluding carboxylic acids is 1. The maximum absolute atomic E-state index is 13.7. The van der Waals surface area contributed by atoms with Gasteiger partial charge in [0.25, 0.3) is 5.91 Å². The summed E-state index contributed by atoms with van der Waals surface area (Å²) < 4.78 is 13.7. The maximum atomic E-state index is 13.7. The van der Waals surface area contributed by atoms with E-state index in [2.05, 4.69) is 5.32 Å². The van der Waals surface area contributed by atoms with Crippen LogP contribution in [0.2, 0.25) is 0 Å². The number of para-hydroxylation sites is 1. The molecule has 4 nitrogen and oxygen atoms in total. The number of anilines is 1. The minimum Gasteiger partial charge on any atom is -0.478 e. The zero-order chi connectivity index (χ0) is 15.4. The van der Waals surface area contributed by atoms with Crippen LogP contribution >= 0.6 is 11.8 Å². The van der Waals surface area contributed by atoms with Gasteiger partial charge in [0.15, 0.2) is 0 Å². The van der Waals surface area contributed by atoms with Gasteiger partial charge in [0.05, 0.1) is 11.3 Å². The first-order valence-corrected chi connectivity index (χ1v) is 7.22. The molecule has 0 unspecified atom stereocenters. The Morgan fingerprint density at radius 3 is 2.38 bits per heavy atom. The fourth-order valence-corrected chi connectivity index (χ4v) is 2.17. The Morgan fingerprint density at radius 1 is 1.14 bits per heavy atom. The van der Waals surface area contributed by atoms with E-state index in [1.54, 1.807) is 24.3 Å². The van der Waals surface area contributed by atoms with Crippen LogP contribution in [0.15, 0.2) is 47.4 Å². The molecule has 0 spiro atoms. The number of carbonyl (C=O) groups is 2. The average Bonchev–Trinajstić information content (AvgIpc) is 2.49. The molecular weight excluding hydrogens is 293 g/mol. The molecular formula is C15H12FNO3S. The van der Waals surface area contributed by atoms with Crippen molar-refractivity contribution in [2.24, 2.45) is 0 Å². The molecule has 0 bridgehead atoms. The number of rotatable bonds is 4. The molecule has 0 aliphatic rings. The molecule has 21 heavy (non-hydrogen) atoms. The summed E-state index contributed by atoms with van der Waals surface area (Å²) in [5.41, 5.74) is -0.291. The third kappa shape index (κ3) is 3.41. The van der Waals surface area contributed by atoms with Gasteiger partial charge in [-0.2, -0.15) is 0 Å². The number of aromatic carboxylic acids is 1. The van der Waals surface area contributed by atoms with Gasteiger partial charge in [-0.25, -0.2) is 9.18 Å². The smallest absolute Gasteiger partial charge is 0.337 e. The summed E-state index contributed by atoms with van der Waals surface area (Å²) in [6.07, 6.45) is 1.91. The van der Waals surface area contributed by atoms with Crippen LogP contribution in [0.25, 0.3) is 0 Å². The van der Waals surface area contributed by atoms with Gasteiger partial charge in [-0.3, -0.25) is 4.79 Å². The van der Waals surface area contributed by atoms with Crippen LogP contribution < -0.4 is 5.32 Å². The van der Waals surface area contributed by atoms with Gasteiger partial charge in [-0.15, -0.1) is 11.8 Å². The molecule has 0 atom stereocenters. The van der Waals surface area contributed by atoms with Gasteiger partial charge in [-0.1, -0.05) is 6.07 Å². The molecule has 0 saturated heterocycles. The maximum Gasteiger partial charge on any atom is 0.337 e. The second kappa shape index (κ2) is 6.41. The first-order chi connectivity index (χ1) is 10.0. The number of amides is 1. The fraction of sp³-hybridized carbons (Fsp3) is 0.0667. The molecule has 0 aromatic heterocycles. The molecule has 2 N–H and O–H groups in total. The number of carboxylic acid groups (broad SMARTS) is 1.